The van der Waals surface area contributed by atoms with Crippen molar-refractivity contribution < 1.29 is 9.30 Å². The van der Waals surface area contributed by atoms with Crippen molar-refractivity contribution in [2.45, 2.75) is 97.6 Å². The van der Waals surface area contributed by atoms with Crippen molar-refractivity contribution >= 4 is 11.3 Å². The zero-order chi connectivity index (χ0) is 19.9. The van der Waals surface area contributed by atoms with Gasteiger partial charge in [0, 0.05) is 19.8 Å². The van der Waals surface area contributed by atoms with E-state index in [-0.39, 0.29) is 0 Å². The zero-order valence-corrected chi connectivity index (χ0v) is 18.9. The highest BCUT2D eigenvalue weighted by molar-refractivity contribution is 7.09. The van der Waals surface area contributed by atoms with Crippen molar-refractivity contribution in [3.63, 3.8) is 0 Å². The minimum Gasteiger partial charge on any atom is -0.376 e. The Morgan fingerprint density at radius 3 is 2.18 bits per heavy atom. The third kappa shape index (κ3) is 9.34. The molecule has 0 unspecified atom stereocenters. The minimum absolute atomic E-state index is 0.712. The van der Waals surface area contributed by atoms with E-state index in [1.165, 1.54) is 86.9 Å². The maximum absolute atomic E-state index is 5.85. The van der Waals surface area contributed by atoms with Crippen LogP contribution in [0.1, 0.15) is 87.3 Å². The zero-order valence-electron chi connectivity index (χ0n) is 18.1. The fourth-order valence-corrected chi connectivity index (χ4v) is 4.62. The molecule has 0 saturated carbocycles. The van der Waals surface area contributed by atoms with Crippen LogP contribution in [0.3, 0.4) is 0 Å². The molecular weight excluding hydrogens is 362 g/mol. The van der Waals surface area contributed by atoms with Crippen LogP contribution < -0.4 is 4.57 Å². The lowest BCUT2D eigenvalue weighted by atomic mass is 10.1. The van der Waals surface area contributed by atoms with Crippen molar-refractivity contribution in [3.8, 4) is 0 Å². The molecule has 0 radical (unpaired) electrons. The van der Waals surface area contributed by atoms with Crippen LogP contribution in [0.25, 0.3) is 0 Å². The summed E-state index contributed by atoms with van der Waals surface area (Å²) in [6, 6.07) is 10.4. The number of aryl methyl sites for hydroxylation is 1. The average molecular weight is 403 g/mol. The number of ether oxygens (including phenoxy) is 1. The largest absolute Gasteiger partial charge is 0.376 e. The van der Waals surface area contributed by atoms with Crippen molar-refractivity contribution in [1.82, 2.24) is 0 Å². The molecule has 3 heteroatoms. The van der Waals surface area contributed by atoms with Crippen LogP contribution in [0, 0.1) is 6.92 Å². The quantitative estimate of drug-likeness (QED) is 0.217. The van der Waals surface area contributed by atoms with Crippen molar-refractivity contribution in [1.29, 1.82) is 0 Å². The Balaban J connectivity index is 1.52. The summed E-state index contributed by atoms with van der Waals surface area (Å²) in [6.45, 7) is 7.23. The van der Waals surface area contributed by atoms with E-state index in [2.05, 4.69) is 48.2 Å². The van der Waals surface area contributed by atoms with E-state index in [1.807, 2.05) is 17.4 Å². The van der Waals surface area contributed by atoms with Gasteiger partial charge in [0.05, 0.1) is 18.1 Å². The van der Waals surface area contributed by atoms with E-state index >= 15 is 0 Å². The number of rotatable bonds is 16. The van der Waals surface area contributed by atoms with E-state index in [9.17, 15) is 0 Å². The van der Waals surface area contributed by atoms with Crippen molar-refractivity contribution in [3.05, 3.63) is 52.0 Å². The van der Waals surface area contributed by atoms with Crippen LogP contribution in [-0.4, -0.2) is 6.61 Å². The van der Waals surface area contributed by atoms with E-state index in [4.69, 9.17) is 4.74 Å². The summed E-state index contributed by atoms with van der Waals surface area (Å²) in [7, 11) is 0. The van der Waals surface area contributed by atoms with E-state index in [0.29, 0.717) is 6.61 Å². The van der Waals surface area contributed by atoms with Gasteiger partial charge >= 0.3 is 0 Å². The fraction of sp³-hybridized carbons (Fsp3) is 0.640. The molecule has 2 aromatic rings. The molecule has 0 atom stereocenters. The van der Waals surface area contributed by atoms with Gasteiger partial charge in [-0.3, -0.25) is 0 Å². The first-order chi connectivity index (χ1) is 13.8. The molecule has 0 aliphatic carbocycles. The molecule has 156 valence electrons. The summed E-state index contributed by atoms with van der Waals surface area (Å²) in [6.07, 6.45) is 15.0. The first kappa shape index (κ1) is 23.1. The highest BCUT2D eigenvalue weighted by Crippen LogP contribution is 2.14. The van der Waals surface area contributed by atoms with Crippen molar-refractivity contribution in [2.24, 2.45) is 0 Å². The Kier molecular flexibility index (Phi) is 12.2. The molecule has 2 rings (SSSR count). The van der Waals surface area contributed by atoms with Gasteiger partial charge in [-0.15, -0.1) is 0 Å². The van der Waals surface area contributed by atoms with Gasteiger partial charge in [0.25, 0.3) is 0 Å². The average Bonchev–Trinajstić information content (AvgIpc) is 3.07. The van der Waals surface area contributed by atoms with Crippen LogP contribution in [0.4, 0.5) is 0 Å². The highest BCUT2D eigenvalue weighted by atomic mass is 32.1. The summed E-state index contributed by atoms with van der Waals surface area (Å²) in [5.74, 6) is 0. The molecule has 1 aromatic heterocycles. The van der Waals surface area contributed by atoms with Gasteiger partial charge in [0.2, 0.25) is 5.51 Å². The van der Waals surface area contributed by atoms with E-state index in [1.54, 1.807) is 0 Å². The summed E-state index contributed by atoms with van der Waals surface area (Å²) in [4.78, 5) is 1.47. The van der Waals surface area contributed by atoms with Gasteiger partial charge in [-0.1, -0.05) is 100.0 Å². The first-order valence-corrected chi connectivity index (χ1v) is 12.3. The molecule has 0 aliphatic rings. The Hall–Kier alpha value is -1.19. The van der Waals surface area contributed by atoms with Crippen LogP contribution in [-0.2, 0) is 24.3 Å². The second-order valence-electron chi connectivity index (χ2n) is 7.90. The minimum atomic E-state index is 0.712. The fourth-order valence-electron chi connectivity index (χ4n) is 3.61. The standard InChI is InChI=1S/C25H40NOS/c1-3-4-5-6-7-8-9-10-11-15-19-26-22-28-25(23(26)2)18-20-27-21-24-16-13-12-14-17-24/h12-14,16-17,22H,3-11,15,18-21H2,1-2H3/q+1. The highest BCUT2D eigenvalue weighted by Gasteiger charge is 2.14. The summed E-state index contributed by atoms with van der Waals surface area (Å²) in [5, 5.41) is 0. The Morgan fingerprint density at radius 2 is 1.50 bits per heavy atom. The third-order valence-electron chi connectivity index (χ3n) is 5.49. The summed E-state index contributed by atoms with van der Waals surface area (Å²) < 4.78 is 8.30. The first-order valence-electron chi connectivity index (χ1n) is 11.4. The van der Waals surface area contributed by atoms with Gasteiger partial charge in [-0.25, -0.2) is 0 Å². The molecule has 0 spiro atoms. The number of aromatic nitrogens is 1. The molecule has 28 heavy (non-hydrogen) atoms. The van der Waals surface area contributed by atoms with Gasteiger partial charge in [0.15, 0.2) is 5.69 Å². The second-order valence-corrected chi connectivity index (χ2v) is 8.83. The molecule has 0 amide bonds. The lowest BCUT2D eigenvalue weighted by Crippen LogP contribution is -2.34. The second kappa shape index (κ2) is 14.8. The van der Waals surface area contributed by atoms with Gasteiger partial charge < -0.3 is 4.74 Å². The Morgan fingerprint density at radius 1 is 0.857 bits per heavy atom. The predicted molar refractivity (Wildman–Crippen MR) is 121 cm³/mol. The maximum atomic E-state index is 5.85. The number of hydrogen-bond acceptors (Lipinski definition) is 2. The number of unbranched alkanes of at least 4 members (excludes halogenated alkanes) is 9. The number of benzene rings is 1. The topological polar surface area (TPSA) is 13.1 Å². The molecule has 2 nitrogen and oxygen atoms in total. The van der Waals surface area contributed by atoms with E-state index in [0.717, 1.165) is 13.0 Å². The molecule has 0 saturated heterocycles. The van der Waals surface area contributed by atoms with Crippen molar-refractivity contribution in [2.75, 3.05) is 6.61 Å². The lowest BCUT2D eigenvalue weighted by Gasteiger charge is -2.03. The summed E-state index contributed by atoms with van der Waals surface area (Å²) in [5.41, 5.74) is 4.99. The number of thiazole rings is 1. The van der Waals surface area contributed by atoms with Crippen LogP contribution >= 0.6 is 11.3 Å². The Labute approximate surface area is 177 Å². The van der Waals surface area contributed by atoms with Crippen LogP contribution in [0.2, 0.25) is 0 Å². The molecule has 0 aliphatic heterocycles. The molecule has 0 N–H and O–H groups in total. The lowest BCUT2D eigenvalue weighted by molar-refractivity contribution is -0.698. The van der Waals surface area contributed by atoms with E-state index < -0.39 is 0 Å². The smallest absolute Gasteiger partial charge is 0.225 e. The molecule has 1 heterocycles. The number of nitrogens with zero attached hydrogens (tertiary/aromatic N) is 1. The number of hydrogen-bond donors (Lipinski definition) is 0. The van der Waals surface area contributed by atoms with Crippen LogP contribution in [0.15, 0.2) is 35.8 Å². The van der Waals surface area contributed by atoms with Gasteiger partial charge in [0.1, 0.15) is 6.54 Å². The molecular formula is C25H40NOS+. The van der Waals surface area contributed by atoms with Gasteiger partial charge in [-0.05, 0) is 12.0 Å². The van der Waals surface area contributed by atoms with Gasteiger partial charge in [-0.2, -0.15) is 4.57 Å². The third-order valence-corrected chi connectivity index (χ3v) is 6.64. The normalized spacial score (nSPS) is 11.2. The summed E-state index contributed by atoms with van der Waals surface area (Å²) >= 11 is 1.89. The maximum Gasteiger partial charge on any atom is 0.225 e. The monoisotopic (exact) mass is 402 g/mol. The molecule has 0 fully saturated rings. The molecule has 0 bridgehead atoms. The SMILES string of the molecule is CCCCCCCCCCCC[n+]1csc(CCOCc2ccccc2)c1C. The molecule has 1 aromatic carbocycles. The van der Waals surface area contributed by atoms with Crippen LogP contribution in [0.5, 0.6) is 0 Å². The Bertz CT molecular complexity index is 623. The predicted octanol–water partition coefficient (Wildman–Crippen LogP) is 7.02.